The molecule has 1 aromatic heterocycles. The van der Waals surface area contributed by atoms with Gasteiger partial charge in [0.2, 0.25) is 5.91 Å². The zero-order valence-corrected chi connectivity index (χ0v) is 13.6. The molecule has 0 bridgehead atoms. The molecule has 2 aromatic rings. The molecule has 6 nitrogen and oxygen atoms in total. The lowest BCUT2D eigenvalue weighted by Crippen LogP contribution is -2.48. The Kier molecular flexibility index (Phi) is 4.88. The van der Waals surface area contributed by atoms with Crippen LogP contribution in [0.25, 0.3) is 10.2 Å². The predicted octanol–water partition coefficient (Wildman–Crippen LogP) is 1.81. The molecule has 1 aromatic carbocycles. The topological polar surface area (TPSA) is 73.7 Å². The fraction of sp³-hybridized carbons (Fsp3) is 0.438. The number of hydrogen-bond acceptors (Lipinski definition) is 5. The number of aliphatic carboxylic acids is 1. The average molecular weight is 333 g/mol. The van der Waals surface area contributed by atoms with Crippen LogP contribution in [0.5, 0.6) is 0 Å². The third-order valence-corrected chi connectivity index (χ3v) is 5.00. The number of nitrogens with zero attached hydrogens (tertiary/aromatic N) is 3. The van der Waals surface area contributed by atoms with Crippen molar-refractivity contribution in [2.24, 2.45) is 0 Å². The van der Waals surface area contributed by atoms with Crippen LogP contribution in [-0.2, 0) is 16.1 Å². The molecule has 0 aliphatic carbocycles. The van der Waals surface area contributed by atoms with Crippen molar-refractivity contribution in [2.45, 2.75) is 19.4 Å². The monoisotopic (exact) mass is 333 g/mol. The Bertz CT molecular complexity index is 674. The van der Waals surface area contributed by atoms with Gasteiger partial charge in [-0.3, -0.25) is 14.5 Å². The molecule has 1 fully saturated rings. The number of para-hydroxylation sites is 1. The van der Waals surface area contributed by atoms with Gasteiger partial charge in [0.05, 0.1) is 23.2 Å². The number of carboxylic acids is 1. The average Bonchev–Trinajstić information content (AvgIpc) is 2.95. The molecule has 23 heavy (non-hydrogen) atoms. The van der Waals surface area contributed by atoms with E-state index in [9.17, 15) is 9.59 Å². The lowest BCUT2D eigenvalue weighted by Gasteiger charge is -2.34. The largest absolute Gasteiger partial charge is 0.481 e. The van der Waals surface area contributed by atoms with Crippen molar-refractivity contribution in [3.8, 4) is 0 Å². The summed E-state index contributed by atoms with van der Waals surface area (Å²) in [6.07, 6.45) is -0.00203. The van der Waals surface area contributed by atoms with E-state index in [0.717, 1.165) is 30.2 Å². The molecular weight excluding hydrogens is 314 g/mol. The molecule has 1 saturated heterocycles. The van der Waals surface area contributed by atoms with E-state index in [4.69, 9.17) is 5.11 Å². The van der Waals surface area contributed by atoms with Gasteiger partial charge < -0.3 is 10.0 Å². The number of piperazine rings is 1. The molecule has 2 heterocycles. The summed E-state index contributed by atoms with van der Waals surface area (Å²) in [4.78, 5) is 31.1. The van der Waals surface area contributed by atoms with Gasteiger partial charge in [0, 0.05) is 32.6 Å². The van der Waals surface area contributed by atoms with Gasteiger partial charge in [0.1, 0.15) is 5.01 Å². The van der Waals surface area contributed by atoms with Crippen molar-refractivity contribution < 1.29 is 14.7 Å². The molecule has 3 rings (SSSR count). The van der Waals surface area contributed by atoms with Crippen LogP contribution in [0.1, 0.15) is 17.8 Å². The van der Waals surface area contributed by atoms with Gasteiger partial charge in [-0.05, 0) is 12.1 Å². The van der Waals surface area contributed by atoms with Gasteiger partial charge in [-0.25, -0.2) is 4.98 Å². The molecule has 1 aliphatic heterocycles. The smallest absolute Gasteiger partial charge is 0.303 e. The number of aromatic nitrogens is 1. The standard InChI is InChI=1S/C16H19N3O3S/c20-15(5-6-16(21)22)19-9-7-18(8-10-19)11-14-17-12-3-1-2-4-13(12)23-14/h1-4H,5-11H2,(H,21,22). The Hall–Kier alpha value is -1.99. The van der Waals surface area contributed by atoms with Crippen LogP contribution in [0.2, 0.25) is 0 Å². The van der Waals surface area contributed by atoms with Crippen LogP contribution in [0.15, 0.2) is 24.3 Å². The second-order valence-corrected chi connectivity index (χ2v) is 6.74. The van der Waals surface area contributed by atoms with E-state index in [1.165, 1.54) is 4.70 Å². The van der Waals surface area contributed by atoms with E-state index < -0.39 is 5.97 Å². The zero-order chi connectivity index (χ0) is 16.2. The fourth-order valence-corrected chi connectivity index (χ4v) is 3.72. The van der Waals surface area contributed by atoms with Crippen LogP contribution in [0.4, 0.5) is 0 Å². The maximum atomic E-state index is 11.9. The molecule has 1 aliphatic rings. The van der Waals surface area contributed by atoms with Crippen LogP contribution < -0.4 is 0 Å². The van der Waals surface area contributed by atoms with Crippen molar-refractivity contribution in [2.75, 3.05) is 26.2 Å². The van der Waals surface area contributed by atoms with Crippen LogP contribution in [-0.4, -0.2) is 57.9 Å². The van der Waals surface area contributed by atoms with Crippen molar-refractivity contribution in [3.05, 3.63) is 29.3 Å². The Morgan fingerprint density at radius 1 is 1.13 bits per heavy atom. The number of carbonyl (C=O) groups is 2. The zero-order valence-electron chi connectivity index (χ0n) is 12.8. The third kappa shape index (κ3) is 4.05. The minimum atomic E-state index is -0.923. The molecular formula is C16H19N3O3S. The molecule has 1 N–H and O–H groups in total. The summed E-state index contributed by atoms with van der Waals surface area (Å²) in [5, 5.41) is 9.74. The van der Waals surface area contributed by atoms with Gasteiger partial charge in [-0.2, -0.15) is 0 Å². The van der Waals surface area contributed by atoms with Gasteiger partial charge >= 0.3 is 5.97 Å². The van der Waals surface area contributed by atoms with Crippen LogP contribution in [0, 0.1) is 0 Å². The first-order valence-corrected chi connectivity index (χ1v) is 8.50. The molecule has 0 saturated carbocycles. The molecule has 0 unspecified atom stereocenters. The van der Waals surface area contributed by atoms with Crippen molar-refractivity contribution >= 4 is 33.4 Å². The second kappa shape index (κ2) is 7.06. The van der Waals surface area contributed by atoms with Gasteiger partial charge in [-0.15, -0.1) is 11.3 Å². The van der Waals surface area contributed by atoms with E-state index in [-0.39, 0.29) is 18.7 Å². The first-order chi connectivity index (χ1) is 11.1. The highest BCUT2D eigenvalue weighted by molar-refractivity contribution is 7.18. The molecule has 122 valence electrons. The first kappa shape index (κ1) is 15.9. The summed E-state index contributed by atoms with van der Waals surface area (Å²) in [6.45, 7) is 3.71. The molecule has 0 spiro atoms. The Morgan fingerprint density at radius 3 is 2.57 bits per heavy atom. The van der Waals surface area contributed by atoms with E-state index in [1.807, 2.05) is 18.2 Å². The second-order valence-electron chi connectivity index (χ2n) is 5.63. The highest BCUT2D eigenvalue weighted by atomic mass is 32.1. The van der Waals surface area contributed by atoms with Gasteiger partial charge in [0.15, 0.2) is 0 Å². The van der Waals surface area contributed by atoms with E-state index in [2.05, 4.69) is 16.0 Å². The van der Waals surface area contributed by atoms with Crippen LogP contribution in [0.3, 0.4) is 0 Å². The first-order valence-electron chi connectivity index (χ1n) is 7.68. The summed E-state index contributed by atoms with van der Waals surface area (Å²) < 4.78 is 1.20. The quantitative estimate of drug-likeness (QED) is 0.903. The summed E-state index contributed by atoms with van der Waals surface area (Å²) >= 11 is 1.71. The predicted molar refractivity (Wildman–Crippen MR) is 88.3 cm³/mol. The third-order valence-electron chi connectivity index (χ3n) is 3.97. The summed E-state index contributed by atoms with van der Waals surface area (Å²) in [5.41, 5.74) is 1.04. The maximum absolute atomic E-state index is 11.9. The number of carbonyl (C=O) groups excluding carboxylic acids is 1. The number of carboxylic acid groups (broad SMARTS) is 1. The number of hydrogen-bond donors (Lipinski definition) is 1. The minimum absolute atomic E-state index is 0.0629. The van der Waals surface area contributed by atoms with E-state index >= 15 is 0 Å². The lowest BCUT2D eigenvalue weighted by molar-refractivity contribution is -0.141. The number of rotatable bonds is 5. The number of fused-ring (bicyclic) bond motifs is 1. The van der Waals surface area contributed by atoms with Crippen LogP contribution >= 0.6 is 11.3 Å². The van der Waals surface area contributed by atoms with Crippen molar-refractivity contribution in [1.29, 1.82) is 0 Å². The van der Waals surface area contributed by atoms with Crippen molar-refractivity contribution in [1.82, 2.24) is 14.8 Å². The Morgan fingerprint density at radius 2 is 1.87 bits per heavy atom. The minimum Gasteiger partial charge on any atom is -0.481 e. The normalized spacial score (nSPS) is 15.9. The van der Waals surface area contributed by atoms with Gasteiger partial charge in [-0.1, -0.05) is 12.1 Å². The van der Waals surface area contributed by atoms with E-state index in [0.29, 0.717) is 13.1 Å². The molecule has 7 heteroatoms. The number of thiazole rings is 1. The molecule has 0 radical (unpaired) electrons. The maximum Gasteiger partial charge on any atom is 0.303 e. The highest BCUT2D eigenvalue weighted by Crippen LogP contribution is 2.23. The molecule has 1 amide bonds. The SMILES string of the molecule is O=C(O)CCC(=O)N1CCN(Cc2nc3ccccc3s2)CC1. The summed E-state index contributed by atoms with van der Waals surface area (Å²) in [6, 6.07) is 8.11. The lowest BCUT2D eigenvalue weighted by atomic mass is 10.2. The van der Waals surface area contributed by atoms with Crippen molar-refractivity contribution in [3.63, 3.8) is 0 Å². The fourth-order valence-electron chi connectivity index (χ4n) is 2.71. The Labute approximate surface area is 138 Å². The number of amides is 1. The summed E-state index contributed by atoms with van der Waals surface area (Å²) in [7, 11) is 0. The highest BCUT2D eigenvalue weighted by Gasteiger charge is 2.22. The molecule has 0 atom stereocenters. The van der Waals surface area contributed by atoms with E-state index in [1.54, 1.807) is 16.2 Å². The van der Waals surface area contributed by atoms with Gasteiger partial charge in [0.25, 0.3) is 0 Å². The Balaban J connectivity index is 1.51. The number of benzene rings is 1. The summed E-state index contributed by atoms with van der Waals surface area (Å²) in [5.74, 6) is -0.986.